The maximum absolute atomic E-state index is 10.7. The summed E-state index contributed by atoms with van der Waals surface area (Å²) >= 11 is 5.88. The van der Waals surface area contributed by atoms with Gasteiger partial charge in [-0.3, -0.25) is 5.32 Å². The summed E-state index contributed by atoms with van der Waals surface area (Å²) in [6.07, 6.45) is 0.697. The Hall–Kier alpha value is -2.08. The van der Waals surface area contributed by atoms with Gasteiger partial charge in [-0.1, -0.05) is 35.9 Å². The number of benzene rings is 2. The van der Waals surface area contributed by atoms with E-state index in [4.69, 9.17) is 21.4 Å². The number of carbonyl (C=O) groups is 1. The molecule has 2 aromatic carbocycles. The Morgan fingerprint density at radius 2 is 1.80 bits per heavy atom. The van der Waals surface area contributed by atoms with Crippen LogP contribution in [0, 0.1) is 0 Å². The van der Waals surface area contributed by atoms with Gasteiger partial charge >= 0.3 is 5.97 Å². The minimum atomic E-state index is -1.17. The Morgan fingerprint density at radius 3 is 2.36 bits per heavy atom. The van der Waals surface area contributed by atoms with Gasteiger partial charge in [0.05, 0.1) is 0 Å². The Kier molecular flexibility index (Phi) is 6.42. The van der Waals surface area contributed by atoms with Crippen LogP contribution in [-0.4, -0.2) is 28.8 Å². The van der Waals surface area contributed by atoms with Gasteiger partial charge in [0.25, 0.3) is 0 Å². The Labute approximate surface area is 152 Å². The van der Waals surface area contributed by atoms with Gasteiger partial charge in [0, 0.05) is 11.1 Å². The standard InChI is InChI=1S/C19H22ClNO4/c1-13(21-19(2,24)15-5-7-16(20)8-6-15)11-14-3-9-17(10-4-14)25-12-18(22)23/h3-10,13,21,24H,11-12H2,1-2H3,(H,22,23)/t13-,19-/m0/s1. The molecule has 0 amide bonds. The Balaban J connectivity index is 1.93. The van der Waals surface area contributed by atoms with E-state index >= 15 is 0 Å². The van der Waals surface area contributed by atoms with Gasteiger partial charge in [-0.2, -0.15) is 0 Å². The van der Waals surface area contributed by atoms with Crippen LogP contribution in [0.5, 0.6) is 5.75 Å². The number of halogens is 1. The van der Waals surface area contributed by atoms with Crippen LogP contribution in [0.4, 0.5) is 0 Å². The lowest BCUT2D eigenvalue weighted by Gasteiger charge is -2.29. The monoisotopic (exact) mass is 363 g/mol. The molecular formula is C19H22ClNO4. The van der Waals surface area contributed by atoms with Crippen LogP contribution in [-0.2, 0) is 16.9 Å². The number of ether oxygens (including phenoxy) is 1. The van der Waals surface area contributed by atoms with Gasteiger partial charge in [-0.25, -0.2) is 4.79 Å². The van der Waals surface area contributed by atoms with Crippen molar-refractivity contribution >= 4 is 17.6 Å². The zero-order valence-corrected chi connectivity index (χ0v) is 15.0. The summed E-state index contributed by atoms with van der Waals surface area (Å²) in [6.45, 7) is 3.33. The molecule has 0 saturated carbocycles. The Morgan fingerprint density at radius 1 is 1.20 bits per heavy atom. The summed E-state index contributed by atoms with van der Waals surface area (Å²) in [6, 6.07) is 14.3. The van der Waals surface area contributed by atoms with Gasteiger partial charge in [-0.05, 0) is 55.7 Å². The Bertz CT molecular complexity index is 698. The molecular weight excluding hydrogens is 342 g/mol. The van der Waals surface area contributed by atoms with Crippen molar-refractivity contribution < 1.29 is 19.7 Å². The number of hydrogen-bond donors (Lipinski definition) is 3. The first-order chi connectivity index (χ1) is 11.8. The molecule has 0 spiro atoms. The third kappa shape index (κ3) is 6.05. The average Bonchev–Trinajstić information content (AvgIpc) is 2.54. The van der Waals surface area contributed by atoms with Gasteiger partial charge in [-0.15, -0.1) is 0 Å². The molecule has 2 rings (SSSR count). The number of carboxylic acids is 1. The van der Waals surface area contributed by atoms with Gasteiger partial charge in [0.1, 0.15) is 11.5 Å². The van der Waals surface area contributed by atoms with Crippen molar-refractivity contribution in [1.82, 2.24) is 5.32 Å². The van der Waals surface area contributed by atoms with E-state index in [9.17, 15) is 9.90 Å². The molecule has 134 valence electrons. The largest absolute Gasteiger partial charge is 0.482 e. The maximum atomic E-state index is 10.7. The van der Waals surface area contributed by atoms with Crippen molar-refractivity contribution in [2.45, 2.75) is 32.0 Å². The predicted molar refractivity (Wildman–Crippen MR) is 96.9 cm³/mol. The maximum Gasteiger partial charge on any atom is 0.341 e. The van der Waals surface area contributed by atoms with Gasteiger partial charge in [0.2, 0.25) is 0 Å². The number of carboxylic acid groups (broad SMARTS) is 1. The molecule has 0 aliphatic rings. The predicted octanol–water partition coefficient (Wildman–Crippen LogP) is 3.19. The molecule has 6 heteroatoms. The second-order valence-corrected chi connectivity index (χ2v) is 6.59. The van der Waals surface area contributed by atoms with Crippen LogP contribution in [0.3, 0.4) is 0 Å². The highest BCUT2D eigenvalue weighted by Crippen LogP contribution is 2.21. The lowest BCUT2D eigenvalue weighted by Crippen LogP contribution is -2.45. The van der Waals surface area contributed by atoms with E-state index in [1.54, 1.807) is 43.3 Å². The number of aliphatic carboxylic acids is 1. The fourth-order valence-corrected chi connectivity index (χ4v) is 2.73. The molecule has 2 atom stereocenters. The summed E-state index contributed by atoms with van der Waals surface area (Å²) in [5.41, 5.74) is 0.616. The minimum absolute atomic E-state index is 0.0106. The van der Waals surface area contributed by atoms with Crippen molar-refractivity contribution in [3.8, 4) is 5.75 Å². The summed E-state index contributed by atoms with van der Waals surface area (Å²) < 4.78 is 5.11. The van der Waals surface area contributed by atoms with E-state index in [-0.39, 0.29) is 12.6 Å². The molecule has 0 aliphatic heterocycles. The first kappa shape index (κ1) is 19.2. The summed E-state index contributed by atoms with van der Waals surface area (Å²) in [7, 11) is 0. The highest BCUT2D eigenvalue weighted by molar-refractivity contribution is 6.30. The molecule has 0 heterocycles. The fourth-order valence-electron chi connectivity index (χ4n) is 2.61. The van der Waals surface area contributed by atoms with E-state index in [0.717, 1.165) is 11.1 Å². The van der Waals surface area contributed by atoms with E-state index in [0.29, 0.717) is 17.2 Å². The van der Waals surface area contributed by atoms with Gasteiger partial charge < -0.3 is 14.9 Å². The molecule has 3 N–H and O–H groups in total. The summed E-state index contributed by atoms with van der Waals surface area (Å²) in [5.74, 6) is -0.494. The molecule has 0 radical (unpaired) electrons. The van der Waals surface area contributed by atoms with Crippen LogP contribution < -0.4 is 10.1 Å². The minimum Gasteiger partial charge on any atom is -0.482 e. The fraction of sp³-hybridized carbons (Fsp3) is 0.316. The van der Waals surface area contributed by atoms with E-state index in [1.807, 2.05) is 19.1 Å². The number of nitrogens with one attached hydrogen (secondary N) is 1. The van der Waals surface area contributed by atoms with Crippen molar-refractivity contribution in [1.29, 1.82) is 0 Å². The van der Waals surface area contributed by atoms with E-state index in [2.05, 4.69) is 5.32 Å². The molecule has 25 heavy (non-hydrogen) atoms. The molecule has 0 unspecified atom stereocenters. The summed E-state index contributed by atoms with van der Waals surface area (Å²) in [5, 5.41) is 23.1. The lowest BCUT2D eigenvalue weighted by atomic mass is 10.0. The van der Waals surface area contributed by atoms with Crippen molar-refractivity contribution in [3.63, 3.8) is 0 Å². The highest BCUT2D eigenvalue weighted by Gasteiger charge is 2.24. The third-order valence-electron chi connectivity index (χ3n) is 3.76. The van der Waals surface area contributed by atoms with Crippen LogP contribution in [0.1, 0.15) is 25.0 Å². The molecule has 0 saturated heterocycles. The van der Waals surface area contributed by atoms with Crippen LogP contribution in [0.2, 0.25) is 5.02 Å². The first-order valence-corrected chi connectivity index (χ1v) is 8.34. The van der Waals surface area contributed by atoms with Gasteiger partial charge in [0.15, 0.2) is 6.61 Å². The number of aliphatic hydroxyl groups is 1. The number of hydrogen-bond acceptors (Lipinski definition) is 4. The second kappa shape index (κ2) is 8.34. The smallest absolute Gasteiger partial charge is 0.341 e. The lowest BCUT2D eigenvalue weighted by molar-refractivity contribution is -0.139. The quantitative estimate of drug-likeness (QED) is 0.628. The summed E-state index contributed by atoms with van der Waals surface area (Å²) in [4.78, 5) is 10.5. The van der Waals surface area contributed by atoms with E-state index < -0.39 is 11.7 Å². The van der Waals surface area contributed by atoms with Crippen LogP contribution >= 0.6 is 11.6 Å². The van der Waals surface area contributed by atoms with E-state index in [1.165, 1.54) is 0 Å². The SMILES string of the molecule is C[C@@H](Cc1ccc(OCC(=O)O)cc1)N[C@@](C)(O)c1ccc(Cl)cc1. The topological polar surface area (TPSA) is 78.8 Å². The molecule has 0 bridgehead atoms. The molecule has 0 fully saturated rings. The normalized spacial score (nSPS) is 14.6. The zero-order valence-electron chi connectivity index (χ0n) is 14.2. The highest BCUT2D eigenvalue weighted by atomic mass is 35.5. The van der Waals surface area contributed by atoms with Crippen LogP contribution in [0.25, 0.3) is 0 Å². The van der Waals surface area contributed by atoms with Crippen molar-refractivity contribution in [2.75, 3.05) is 6.61 Å². The molecule has 5 nitrogen and oxygen atoms in total. The first-order valence-electron chi connectivity index (χ1n) is 7.96. The van der Waals surface area contributed by atoms with Crippen molar-refractivity contribution in [3.05, 3.63) is 64.7 Å². The molecule has 0 aromatic heterocycles. The second-order valence-electron chi connectivity index (χ2n) is 6.15. The zero-order chi connectivity index (χ0) is 18.4. The van der Waals surface area contributed by atoms with Crippen LogP contribution in [0.15, 0.2) is 48.5 Å². The average molecular weight is 364 g/mol. The third-order valence-corrected chi connectivity index (χ3v) is 4.01. The van der Waals surface area contributed by atoms with Crippen molar-refractivity contribution in [2.24, 2.45) is 0 Å². The molecule has 0 aliphatic carbocycles. The molecule has 2 aromatic rings. The number of rotatable bonds is 8.